The van der Waals surface area contributed by atoms with Gasteiger partial charge in [0.05, 0.1) is 19.6 Å². The van der Waals surface area contributed by atoms with E-state index in [4.69, 9.17) is 9.47 Å². The van der Waals surface area contributed by atoms with Gasteiger partial charge in [0.1, 0.15) is 22.6 Å². The maximum atomic E-state index is 12.4. The zero-order valence-electron chi connectivity index (χ0n) is 12.7. The molecule has 0 radical (unpaired) electrons. The molecule has 0 unspecified atom stereocenters. The number of carbonyl (C=O) groups excluding carboxylic acids is 1. The number of aryl methyl sites for hydroxylation is 2. The van der Waals surface area contributed by atoms with E-state index in [9.17, 15) is 4.79 Å². The Hall–Kier alpha value is -1.79. The van der Waals surface area contributed by atoms with Gasteiger partial charge in [-0.1, -0.05) is 0 Å². The van der Waals surface area contributed by atoms with Crippen LogP contribution in [0.5, 0.6) is 5.75 Å². The second-order valence-corrected chi connectivity index (χ2v) is 6.36. The number of Topliss-reactive ketones (excluding diaryl/α,β-unsaturated/α-hetero) is 1. The number of nitrogens with zero attached hydrogens (tertiary/aromatic N) is 2. The summed E-state index contributed by atoms with van der Waals surface area (Å²) in [6, 6.07) is 3.57. The van der Waals surface area contributed by atoms with Gasteiger partial charge in [-0.05, 0) is 13.8 Å². The number of carbonyl (C=O) groups is 1. The van der Waals surface area contributed by atoms with Crippen molar-refractivity contribution in [1.29, 1.82) is 0 Å². The Morgan fingerprint density at radius 1 is 1.36 bits per heavy atom. The Bertz CT molecular complexity index is 678. The molecule has 1 aliphatic rings. The Balaban J connectivity index is 1.74. The summed E-state index contributed by atoms with van der Waals surface area (Å²) in [5, 5.41) is 2.76. The average molecular weight is 318 g/mol. The third-order valence-corrected chi connectivity index (χ3v) is 4.35. The molecule has 0 aliphatic carbocycles. The molecule has 6 heteroatoms. The summed E-state index contributed by atoms with van der Waals surface area (Å²) >= 11 is 1.50. The normalized spacial score (nSPS) is 17.6. The van der Waals surface area contributed by atoms with E-state index >= 15 is 0 Å². The first kappa shape index (κ1) is 15.1. The van der Waals surface area contributed by atoms with E-state index in [0.29, 0.717) is 18.1 Å². The van der Waals surface area contributed by atoms with Gasteiger partial charge in [0.15, 0.2) is 5.78 Å². The lowest BCUT2D eigenvalue weighted by molar-refractivity contribution is 0.0986. The number of hydrogen-bond donors (Lipinski definition) is 0. The Morgan fingerprint density at radius 3 is 2.91 bits per heavy atom. The third-order valence-electron chi connectivity index (χ3n) is 3.38. The number of thiazole rings is 1. The summed E-state index contributed by atoms with van der Waals surface area (Å²) < 4.78 is 11.2. The van der Waals surface area contributed by atoms with Gasteiger partial charge in [0, 0.05) is 35.3 Å². The summed E-state index contributed by atoms with van der Waals surface area (Å²) in [5.74, 6) is 0.646. The first-order chi connectivity index (χ1) is 10.6. The number of pyridine rings is 1. The molecule has 22 heavy (non-hydrogen) atoms. The summed E-state index contributed by atoms with van der Waals surface area (Å²) in [6.07, 6.45) is 1.22. The lowest BCUT2D eigenvalue weighted by atomic mass is 10.2. The second kappa shape index (κ2) is 6.54. The summed E-state index contributed by atoms with van der Waals surface area (Å²) in [7, 11) is 0. The van der Waals surface area contributed by atoms with Gasteiger partial charge in [0.2, 0.25) is 0 Å². The number of ether oxygens (including phenoxy) is 2. The van der Waals surface area contributed by atoms with E-state index in [2.05, 4.69) is 9.97 Å². The fourth-order valence-corrected chi connectivity index (χ4v) is 3.13. The predicted octanol–water partition coefficient (Wildman–Crippen LogP) is 2.75. The molecule has 1 atom stereocenters. The minimum absolute atomic E-state index is 0.0365. The third kappa shape index (κ3) is 3.69. The molecule has 3 heterocycles. The van der Waals surface area contributed by atoms with Crippen LogP contribution in [0.2, 0.25) is 0 Å². The summed E-state index contributed by atoms with van der Waals surface area (Å²) in [6.45, 7) is 5.11. The Kier molecular flexibility index (Phi) is 4.49. The number of ketones is 1. The van der Waals surface area contributed by atoms with Crippen LogP contribution in [0.1, 0.15) is 33.3 Å². The fraction of sp³-hybridized carbons (Fsp3) is 0.438. The molecule has 0 saturated carbocycles. The highest BCUT2D eigenvalue weighted by atomic mass is 32.1. The molecule has 1 aliphatic heterocycles. The zero-order valence-corrected chi connectivity index (χ0v) is 13.5. The molecule has 2 aromatic heterocycles. The van der Waals surface area contributed by atoms with Crippen molar-refractivity contribution in [2.24, 2.45) is 0 Å². The van der Waals surface area contributed by atoms with Crippen LogP contribution in [0, 0.1) is 13.8 Å². The van der Waals surface area contributed by atoms with Crippen molar-refractivity contribution < 1.29 is 14.3 Å². The SMILES string of the molecule is Cc1cc(O[C@@H]2CCOC2)cc(C(=O)Cc2nc(C)cs2)n1. The Morgan fingerprint density at radius 2 is 2.23 bits per heavy atom. The van der Waals surface area contributed by atoms with E-state index in [1.165, 1.54) is 11.3 Å². The molecule has 0 aromatic carbocycles. The predicted molar refractivity (Wildman–Crippen MR) is 83.7 cm³/mol. The quantitative estimate of drug-likeness (QED) is 0.793. The Labute approximate surface area is 133 Å². The van der Waals surface area contributed by atoms with Gasteiger partial charge in [-0.3, -0.25) is 4.79 Å². The molecule has 5 nitrogen and oxygen atoms in total. The zero-order chi connectivity index (χ0) is 15.5. The first-order valence-electron chi connectivity index (χ1n) is 7.27. The van der Waals surface area contributed by atoms with E-state index in [0.717, 1.165) is 29.4 Å². The van der Waals surface area contributed by atoms with Gasteiger partial charge in [-0.25, -0.2) is 9.97 Å². The standard InChI is InChI=1S/C16H18N2O3S/c1-10-5-13(21-12-3-4-20-8-12)6-14(17-10)15(19)7-16-18-11(2)9-22-16/h5-6,9,12H,3-4,7-8H2,1-2H3/t12-/m1/s1. The van der Waals surface area contributed by atoms with Crippen molar-refractivity contribution in [3.63, 3.8) is 0 Å². The van der Waals surface area contributed by atoms with E-state index in [-0.39, 0.29) is 18.3 Å². The number of aromatic nitrogens is 2. The second-order valence-electron chi connectivity index (χ2n) is 5.42. The van der Waals surface area contributed by atoms with Crippen molar-refractivity contribution in [3.8, 4) is 5.75 Å². The maximum absolute atomic E-state index is 12.4. The highest BCUT2D eigenvalue weighted by molar-refractivity contribution is 7.09. The molecule has 1 saturated heterocycles. The molecule has 2 aromatic rings. The van der Waals surface area contributed by atoms with E-state index in [1.54, 1.807) is 6.07 Å². The lowest BCUT2D eigenvalue weighted by Crippen LogP contribution is -2.16. The molecule has 116 valence electrons. The average Bonchev–Trinajstić information content (AvgIpc) is 3.10. The van der Waals surface area contributed by atoms with Gasteiger partial charge in [-0.15, -0.1) is 11.3 Å². The smallest absolute Gasteiger partial charge is 0.188 e. The maximum Gasteiger partial charge on any atom is 0.188 e. The van der Waals surface area contributed by atoms with Gasteiger partial charge < -0.3 is 9.47 Å². The molecule has 0 bridgehead atoms. The minimum atomic E-state index is -0.0365. The topological polar surface area (TPSA) is 61.3 Å². The van der Waals surface area contributed by atoms with Gasteiger partial charge in [-0.2, -0.15) is 0 Å². The highest BCUT2D eigenvalue weighted by Crippen LogP contribution is 2.20. The van der Waals surface area contributed by atoms with Gasteiger partial charge in [0.25, 0.3) is 0 Å². The van der Waals surface area contributed by atoms with Crippen LogP contribution in [0.4, 0.5) is 0 Å². The summed E-state index contributed by atoms with van der Waals surface area (Å²) in [5.41, 5.74) is 2.15. The molecular weight excluding hydrogens is 300 g/mol. The van der Waals surface area contributed by atoms with Crippen molar-refractivity contribution in [2.45, 2.75) is 32.8 Å². The largest absolute Gasteiger partial charge is 0.488 e. The van der Waals surface area contributed by atoms with Crippen molar-refractivity contribution >= 4 is 17.1 Å². The van der Waals surface area contributed by atoms with Crippen LogP contribution < -0.4 is 4.74 Å². The summed E-state index contributed by atoms with van der Waals surface area (Å²) in [4.78, 5) is 21.0. The van der Waals surface area contributed by atoms with Crippen LogP contribution in [0.3, 0.4) is 0 Å². The van der Waals surface area contributed by atoms with E-state index < -0.39 is 0 Å². The fourth-order valence-electron chi connectivity index (χ4n) is 2.36. The van der Waals surface area contributed by atoms with Crippen molar-refractivity contribution in [1.82, 2.24) is 9.97 Å². The van der Waals surface area contributed by atoms with Crippen LogP contribution in [-0.2, 0) is 11.2 Å². The van der Waals surface area contributed by atoms with E-state index in [1.807, 2.05) is 25.3 Å². The van der Waals surface area contributed by atoms with Gasteiger partial charge >= 0.3 is 0 Å². The molecule has 1 fully saturated rings. The monoisotopic (exact) mass is 318 g/mol. The molecular formula is C16H18N2O3S. The molecule has 0 N–H and O–H groups in total. The number of hydrogen-bond acceptors (Lipinski definition) is 6. The minimum Gasteiger partial charge on any atom is -0.488 e. The lowest BCUT2D eigenvalue weighted by Gasteiger charge is -2.13. The van der Waals surface area contributed by atoms with Crippen LogP contribution in [-0.4, -0.2) is 35.1 Å². The van der Waals surface area contributed by atoms with Crippen molar-refractivity contribution in [3.05, 3.63) is 39.6 Å². The van der Waals surface area contributed by atoms with Crippen molar-refractivity contribution in [2.75, 3.05) is 13.2 Å². The molecule has 3 rings (SSSR count). The molecule has 0 amide bonds. The molecule has 0 spiro atoms. The van der Waals surface area contributed by atoms with Crippen LogP contribution in [0.15, 0.2) is 17.5 Å². The first-order valence-corrected chi connectivity index (χ1v) is 8.15. The van der Waals surface area contributed by atoms with Crippen LogP contribution in [0.25, 0.3) is 0 Å². The number of rotatable bonds is 5. The highest BCUT2D eigenvalue weighted by Gasteiger charge is 2.19. The van der Waals surface area contributed by atoms with Crippen LogP contribution >= 0.6 is 11.3 Å².